The second kappa shape index (κ2) is 5.35. The fourth-order valence-corrected chi connectivity index (χ4v) is 2.01. The zero-order valence-electron chi connectivity index (χ0n) is 8.53. The molecule has 2 unspecified atom stereocenters. The van der Waals surface area contributed by atoms with Crippen molar-refractivity contribution in [2.75, 3.05) is 26.7 Å². The van der Waals surface area contributed by atoms with E-state index in [1.54, 1.807) is 7.11 Å². The Labute approximate surface area is 80.1 Å². The summed E-state index contributed by atoms with van der Waals surface area (Å²) in [4.78, 5) is 13.1. The van der Waals surface area contributed by atoms with Crippen molar-refractivity contribution in [1.29, 1.82) is 0 Å². The second-order valence-corrected chi connectivity index (χ2v) is 3.63. The lowest BCUT2D eigenvalue weighted by molar-refractivity contribution is -0.120. The van der Waals surface area contributed by atoms with Gasteiger partial charge < -0.3 is 14.4 Å². The molecule has 13 heavy (non-hydrogen) atoms. The van der Waals surface area contributed by atoms with Gasteiger partial charge in [0.15, 0.2) is 0 Å². The van der Waals surface area contributed by atoms with Gasteiger partial charge in [0.2, 0.25) is 0 Å². The summed E-state index contributed by atoms with van der Waals surface area (Å²) in [6.07, 6.45) is 3.04. The average Bonchev–Trinajstić information content (AvgIpc) is 2.20. The first-order valence-electron chi connectivity index (χ1n) is 5.02. The Morgan fingerprint density at radius 1 is 1.69 bits per heavy atom. The molecule has 0 aromatic carbocycles. The van der Waals surface area contributed by atoms with E-state index in [1.165, 1.54) is 13.0 Å². The number of carbonyl (C=O) groups excluding carboxylic acids is 1. The van der Waals surface area contributed by atoms with Crippen LogP contribution in [-0.2, 0) is 9.53 Å². The van der Waals surface area contributed by atoms with Crippen LogP contribution in [0.5, 0.6) is 0 Å². The number of ether oxygens (including phenoxy) is 1. The van der Waals surface area contributed by atoms with E-state index in [0.29, 0.717) is 5.92 Å². The molecule has 3 heteroatoms. The number of likely N-dealkylation sites (tertiary alicyclic amines) is 1. The van der Waals surface area contributed by atoms with E-state index in [1.807, 2.05) is 0 Å². The third-order valence-electron chi connectivity index (χ3n) is 2.86. The van der Waals surface area contributed by atoms with Crippen LogP contribution in [0.15, 0.2) is 0 Å². The van der Waals surface area contributed by atoms with Crippen molar-refractivity contribution < 1.29 is 9.53 Å². The predicted molar refractivity (Wildman–Crippen MR) is 51.7 cm³/mol. The van der Waals surface area contributed by atoms with Gasteiger partial charge in [-0.05, 0) is 25.9 Å². The highest BCUT2D eigenvalue weighted by Gasteiger charge is 2.25. The third kappa shape index (κ3) is 2.78. The van der Waals surface area contributed by atoms with Crippen LogP contribution in [-0.4, -0.2) is 44.0 Å². The number of nitrogens with zero attached hydrogens (tertiary/aromatic N) is 1. The summed E-state index contributed by atoms with van der Waals surface area (Å²) >= 11 is 0. The van der Waals surface area contributed by atoms with Crippen molar-refractivity contribution in [2.24, 2.45) is 5.92 Å². The van der Waals surface area contributed by atoms with Crippen LogP contribution in [0, 0.1) is 5.92 Å². The van der Waals surface area contributed by atoms with E-state index in [0.717, 1.165) is 25.8 Å². The number of hydrogen-bond acceptors (Lipinski definition) is 3. The van der Waals surface area contributed by atoms with Gasteiger partial charge in [-0.25, -0.2) is 0 Å². The molecule has 1 heterocycles. The van der Waals surface area contributed by atoms with E-state index < -0.39 is 0 Å². The molecular formula is C10H19NO2. The maximum absolute atomic E-state index is 10.7. The van der Waals surface area contributed by atoms with Gasteiger partial charge in [0.1, 0.15) is 12.4 Å². The van der Waals surface area contributed by atoms with E-state index in [4.69, 9.17) is 4.74 Å². The van der Waals surface area contributed by atoms with Gasteiger partial charge in [-0.2, -0.15) is 0 Å². The van der Waals surface area contributed by atoms with Crippen molar-refractivity contribution in [3.63, 3.8) is 0 Å². The first kappa shape index (κ1) is 10.7. The molecule has 1 aliphatic heterocycles. The number of methoxy groups -OCH3 is 1. The highest BCUT2D eigenvalue weighted by molar-refractivity contribution is 5.56. The fraction of sp³-hybridized carbons (Fsp3) is 0.900. The summed E-state index contributed by atoms with van der Waals surface area (Å²) < 4.78 is 5.14. The van der Waals surface area contributed by atoms with Crippen molar-refractivity contribution >= 4 is 6.29 Å². The molecule has 0 bridgehead atoms. The van der Waals surface area contributed by atoms with Gasteiger partial charge in [-0.3, -0.25) is 0 Å². The highest BCUT2D eigenvalue weighted by atomic mass is 16.5. The topological polar surface area (TPSA) is 29.5 Å². The monoisotopic (exact) mass is 185 g/mol. The van der Waals surface area contributed by atoms with Gasteiger partial charge in [0.05, 0.1) is 0 Å². The Bertz CT molecular complexity index is 161. The number of carbonyl (C=O) groups is 1. The van der Waals surface area contributed by atoms with E-state index in [-0.39, 0.29) is 6.10 Å². The smallest absolute Gasteiger partial charge is 0.149 e. The molecule has 1 saturated heterocycles. The molecule has 1 aliphatic rings. The first-order valence-corrected chi connectivity index (χ1v) is 5.02. The quantitative estimate of drug-likeness (QED) is 0.610. The van der Waals surface area contributed by atoms with Crippen molar-refractivity contribution in [3.05, 3.63) is 0 Å². The summed E-state index contributed by atoms with van der Waals surface area (Å²) in [5, 5.41) is 0. The fourth-order valence-electron chi connectivity index (χ4n) is 2.01. The third-order valence-corrected chi connectivity index (χ3v) is 2.86. The van der Waals surface area contributed by atoms with Crippen LogP contribution in [0.2, 0.25) is 0 Å². The molecule has 1 rings (SSSR count). The molecule has 76 valence electrons. The van der Waals surface area contributed by atoms with E-state index in [9.17, 15) is 4.79 Å². The first-order chi connectivity index (χ1) is 6.31. The zero-order chi connectivity index (χ0) is 9.68. The van der Waals surface area contributed by atoms with Crippen LogP contribution < -0.4 is 0 Å². The Hall–Kier alpha value is -0.410. The van der Waals surface area contributed by atoms with Gasteiger partial charge in [0.25, 0.3) is 0 Å². The summed E-state index contributed by atoms with van der Waals surface area (Å²) in [5.74, 6) is 0.399. The molecule has 0 aromatic heterocycles. The molecule has 0 spiro atoms. The molecule has 0 radical (unpaired) electrons. The molecular weight excluding hydrogens is 166 g/mol. The van der Waals surface area contributed by atoms with Crippen LogP contribution in [0.4, 0.5) is 0 Å². The maximum atomic E-state index is 10.7. The van der Waals surface area contributed by atoms with Crippen molar-refractivity contribution in [2.45, 2.75) is 25.9 Å². The summed E-state index contributed by atoms with van der Waals surface area (Å²) in [5.41, 5.74) is 0. The average molecular weight is 185 g/mol. The van der Waals surface area contributed by atoms with Crippen molar-refractivity contribution in [3.8, 4) is 0 Å². The van der Waals surface area contributed by atoms with Gasteiger partial charge >= 0.3 is 0 Å². The highest BCUT2D eigenvalue weighted by Crippen LogP contribution is 2.20. The molecule has 0 saturated carbocycles. The predicted octanol–water partition coefficient (Wildman–Crippen LogP) is 0.932. The molecule has 0 amide bonds. The SMILES string of the molecule is CCN1CCCC(C(C=O)OC)C1. The Kier molecular flexibility index (Phi) is 4.39. The zero-order valence-corrected chi connectivity index (χ0v) is 8.53. The summed E-state index contributed by atoms with van der Waals surface area (Å²) in [6.45, 7) is 5.41. The minimum Gasteiger partial charge on any atom is -0.374 e. The number of rotatable bonds is 4. The van der Waals surface area contributed by atoms with E-state index in [2.05, 4.69) is 11.8 Å². The normalized spacial score (nSPS) is 27.1. The Morgan fingerprint density at radius 2 is 2.46 bits per heavy atom. The largest absolute Gasteiger partial charge is 0.374 e. The molecule has 0 aliphatic carbocycles. The molecule has 0 N–H and O–H groups in total. The number of aldehydes is 1. The van der Waals surface area contributed by atoms with Gasteiger partial charge in [-0.1, -0.05) is 6.92 Å². The van der Waals surface area contributed by atoms with Crippen LogP contribution in [0.3, 0.4) is 0 Å². The lowest BCUT2D eigenvalue weighted by Gasteiger charge is -2.33. The maximum Gasteiger partial charge on any atom is 0.149 e. The van der Waals surface area contributed by atoms with Crippen LogP contribution in [0.1, 0.15) is 19.8 Å². The van der Waals surface area contributed by atoms with Gasteiger partial charge in [0, 0.05) is 19.6 Å². The van der Waals surface area contributed by atoms with Crippen LogP contribution in [0.25, 0.3) is 0 Å². The Balaban J connectivity index is 2.44. The van der Waals surface area contributed by atoms with Gasteiger partial charge in [-0.15, -0.1) is 0 Å². The lowest BCUT2D eigenvalue weighted by Crippen LogP contribution is -2.41. The van der Waals surface area contributed by atoms with E-state index >= 15 is 0 Å². The molecule has 1 fully saturated rings. The van der Waals surface area contributed by atoms with Crippen molar-refractivity contribution in [1.82, 2.24) is 4.90 Å². The minimum atomic E-state index is -0.200. The Morgan fingerprint density at radius 3 is 3.00 bits per heavy atom. The number of hydrogen-bond donors (Lipinski definition) is 0. The standard InChI is InChI=1S/C10H19NO2/c1-3-11-6-4-5-9(7-11)10(8-12)13-2/h8-10H,3-7H2,1-2H3. The minimum absolute atomic E-state index is 0.200. The summed E-state index contributed by atoms with van der Waals surface area (Å²) in [6, 6.07) is 0. The lowest BCUT2D eigenvalue weighted by atomic mass is 9.93. The molecule has 2 atom stereocenters. The summed E-state index contributed by atoms with van der Waals surface area (Å²) in [7, 11) is 1.62. The number of piperidine rings is 1. The molecule has 3 nitrogen and oxygen atoms in total. The molecule has 0 aromatic rings. The second-order valence-electron chi connectivity index (χ2n) is 3.63. The van der Waals surface area contributed by atoms with Crippen LogP contribution >= 0.6 is 0 Å².